The maximum Gasteiger partial charge on any atom is 0.264 e. The fourth-order valence-electron chi connectivity index (χ4n) is 2.86. The van der Waals surface area contributed by atoms with E-state index in [1.807, 2.05) is 6.07 Å². The molecule has 0 saturated carbocycles. The van der Waals surface area contributed by atoms with E-state index in [1.165, 1.54) is 15.4 Å². The maximum absolute atomic E-state index is 11.0. The second-order valence-electron chi connectivity index (χ2n) is 5.79. The summed E-state index contributed by atoms with van der Waals surface area (Å²) in [6.45, 7) is 4.67. The summed E-state index contributed by atoms with van der Waals surface area (Å²) in [6.07, 6.45) is 0.380. The molecule has 0 fully saturated rings. The number of para-hydroxylation sites is 1. The van der Waals surface area contributed by atoms with Gasteiger partial charge >= 0.3 is 0 Å². The van der Waals surface area contributed by atoms with Crippen molar-refractivity contribution in [1.82, 2.24) is 0 Å². The summed E-state index contributed by atoms with van der Waals surface area (Å²) in [5.41, 5.74) is 4.56. The van der Waals surface area contributed by atoms with Gasteiger partial charge in [-0.3, -0.25) is 4.55 Å². The number of hydrogen-bond donors (Lipinski definition) is 1. The quantitative estimate of drug-likeness (QED) is 0.839. The molecule has 0 radical (unpaired) electrons. The molecule has 0 atom stereocenters. The topological polar surface area (TPSA) is 57.6 Å². The van der Waals surface area contributed by atoms with Crippen LogP contribution in [-0.2, 0) is 10.1 Å². The van der Waals surface area contributed by atoms with E-state index in [0.717, 1.165) is 16.9 Å². The number of hydrogen-bond acceptors (Lipinski definition) is 4. The smallest absolute Gasteiger partial charge is 0.264 e. The highest BCUT2D eigenvalue weighted by Crippen LogP contribution is 2.49. The number of fused-ring (bicyclic) bond motifs is 2. The molecule has 1 aliphatic heterocycles. The number of benzene rings is 2. The average molecular weight is 349 g/mol. The van der Waals surface area contributed by atoms with Crippen molar-refractivity contribution in [2.75, 3.05) is 17.2 Å². The molecule has 0 amide bonds. The minimum absolute atomic E-state index is 0.223. The Balaban J connectivity index is 2.01. The van der Waals surface area contributed by atoms with E-state index in [1.54, 1.807) is 11.8 Å². The summed E-state index contributed by atoms with van der Waals surface area (Å²) >= 11 is 1.74. The number of anilines is 2. The molecule has 0 aliphatic carbocycles. The highest BCUT2D eigenvalue weighted by molar-refractivity contribution is 7.99. The van der Waals surface area contributed by atoms with E-state index >= 15 is 0 Å². The van der Waals surface area contributed by atoms with Crippen LogP contribution in [0.25, 0.3) is 0 Å². The lowest BCUT2D eigenvalue weighted by Crippen LogP contribution is -2.24. The van der Waals surface area contributed by atoms with Gasteiger partial charge in [0.1, 0.15) is 0 Å². The zero-order valence-electron chi connectivity index (χ0n) is 13.1. The van der Waals surface area contributed by atoms with Crippen molar-refractivity contribution < 1.29 is 13.0 Å². The molecular weight excluding hydrogens is 330 g/mol. The van der Waals surface area contributed by atoms with Crippen LogP contribution in [0.15, 0.2) is 46.2 Å². The Kier molecular flexibility index (Phi) is 4.40. The van der Waals surface area contributed by atoms with Crippen LogP contribution in [0.4, 0.5) is 11.4 Å². The highest BCUT2D eigenvalue weighted by atomic mass is 32.2. The third-order valence-electron chi connectivity index (χ3n) is 3.88. The first-order chi connectivity index (χ1) is 10.8. The Labute approximate surface area is 141 Å². The Hall–Kier alpha value is -1.50. The summed E-state index contributed by atoms with van der Waals surface area (Å²) in [5.74, 6) is -0.223. The molecule has 2 aromatic carbocycles. The molecule has 1 aliphatic rings. The van der Waals surface area contributed by atoms with Crippen molar-refractivity contribution in [3.63, 3.8) is 0 Å². The number of nitrogens with zero attached hydrogens (tertiary/aromatic N) is 1. The van der Waals surface area contributed by atoms with Crippen molar-refractivity contribution in [2.45, 2.75) is 30.1 Å². The second-order valence-corrected chi connectivity index (χ2v) is 8.44. The minimum atomic E-state index is -3.93. The van der Waals surface area contributed by atoms with E-state index in [2.05, 4.69) is 49.1 Å². The van der Waals surface area contributed by atoms with Gasteiger partial charge in [-0.2, -0.15) is 8.42 Å². The molecule has 6 heteroatoms. The van der Waals surface area contributed by atoms with Gasteiger partial charge in [-0.1, -0.05) is 30.0 Å². The lowest BCUT2D eigenvalue weighted by atomic mass is 10.1. The zero-order chi connectivity index (χ0) is 16.6. The van der Waals surface area contributed by atoms with Crippen LogP contribution in [0.2, 0.25) is 0 Å². The monoisotopic (exact) mass is 349 g/mol. The molecule has 4 nitrogen and oxygen atoms in total. The fraction of sp³-hybridized carbons (Fsp3) is 0.294. The Bertz CT molecular complexity index is 847. The van der Waals surface area contributed by atoms with Crippen molar-refractivity contribution >= 4 is 33.3 Å². The fourth-order valence-corrected chi connectivity index (χ4v) is 4.52. The first-order valence-corrected chi connectivity index (χ1v) is 9.88. The molecule has 2 aromatic rings. The summed E-state index contributed by atoms with van der Waals surface area (Å²) in [7, 11) is -3.93. The first-order valence-electron chi connectivity index (χ1n) is 7.46. The average Bonchev–Trinajstić information content (AvgIpc) is 2.46. The largest absolute Gasteiger partial charge is 0.339 e. The molecule has 0 bridgehead atoms. The molecule has 0 aromatic heterocycles. The molecule has 0 unspecified atom stereocenters. The van der Waals surface area contributed by atoms with Crippen LogP contribution < -0.4 is 4.90 Å². The normalized spacial score (nSPS) is 13.6. The van der Waals surface area contributed by atoms with Crippen LogP contribution in [-0.4, -0.2) is 25.3 Å². The summed E-state index contributed by atoms with van der Waals surface area (Å²) in [5, 5.41) is 0. The number of aryl methyl sites for hydroxylation is 2. The third kappa shape index (κ3) is 3.54. The van der Waals surface area contributed by atoms with Gasteiger partial charge in [0.2, 0.25) is 0 Å². The predicted octanol–water partition coefficient (Wildman–Crippen LogP) is 4.18. The molecule has 1 heterocycles. The van der Waals surface area contributed by atoms with E-state index in [-0.39, 0.29) is 5.75 Å². The van der Waals surface area contributed by atoms with E-state index in [4.69, 9.17) is 4.55 Å². The predicted molar refractivity (Wildman–Crippen MR) is 94.5 cm³/mol. The second kappa shape index (κ2) is 6.19. The number of rotatable bonds is 4. The summed E-state index contributed by atoms with van der Waals surface area (Å²) < 4.78 is 31.0. The summed E-state index contributed by atoms with van der Waals surface area (Å²) in [4.78, 5) is 4.52. The molecule has 3 rings (SSSR count). The van der Waals surface area contributed by atoms with Crippen molar-refractivity contribution in [3.8, 4) is 0 Å². The lowest BCUT2D eigenvalue weighted by Gasteiger charge is -2.34. The van der Waals surface area contributed by atoms with Crippen molar-refractivity contribution in [1.29, 1.82) is 0 Å². The molecule has 23 heavy (non-hydrogen) atoms. The summed E-state index contributed by atoms with van der Waals surface area (Å²) in [6, 6.07) is 12.5. The van der Waals surface area contributed by atoms with Gasteiger partial charge in [0.05, 0.1) is 17.1 Å². The molecule has 1 N–H and O–H groups in total. The molecular formula is C17H19NO3S2. The van der Waals surface area contributed by atoms with E-state index in [0.29, 0.717) is 13.0 Å². The van der Waals surface area contributed by atoms with Crippen LogP contribution >= 0.6 is 11.8 Å². The highest BCUT2D eigenvalue weighted by Gasteiger charge is 2.25. The Morgan fingerprint density at radius 2 is 1.91 bits per heavy atom. The van der Waals surface area contributed by atoms with Gasteiger partial charge in [-0.05, 0) is 49.6 Å². The van der Waals surface area contributed by atoms with Gasteiger partial charge in [0.15, 0.2) is 0 Å². The van der Waals surface area contributed by atoms with Crippen LogP contribution in [0.5, 0.6) is 0 Å². The van der Waals surface area contributed by atoms with Gasteiger partial charge in [0, 0.05) is 16.3 Å². The molecule has 0 saturated heterocycles. The minimum Gasteiger partial charge on any atom is -0.339 e. The van der Waals surface area contributed by atoms with E-state index in [9.17, 15) is 8.42 Å². The molecule has 0 spiro atoms. The van der Waals surface area contributed by atoms with Gasteiger partial charge < -0.3 is 4.90 Å². The van der Waals surface area contributed by atoms with Gasteiger partial charge in [-0.15, -0.1) is 0 Å². The van der Waals surface area contributed by atoms with Crippen molar-refractivity contribution in [2.24, 2.45) is 0 Å². The van der Waals surface area contributed by atoms with E-state index < -0.39 is 10.1 Å². The van der Waals surface area contributed by atoms with Crippen LogP contribution in [0.1, 0.15) is 17.5 Å². The maximum atomic E-state index is 11.0. The Morgan fingerprint density at radius 1 is 1.13 bits per heavy atom. The SMILES string of the molecule is Cc1ccc2c(c1)N(CCCS(=O)(=O)O)c1c(C)cccc1S2. The first kappa shape index (κ1) is 16.4. The standard InChI is InChI=1S/C17H19NO3S2/c1-12-7-8-15-14(11-12)18(9-4-10-23(19,20)21)17-13(2)5-3-6-16(17)22-15/h3,5-8,11H,4,9-10H2,1-2H3,(H,19,20,21). The lowest BCUT2D eigenvalue weighted by molar-refractivity contribution is 0.481. The van der Waals surface area contributed by atoms with Crippen LogP contribution in [0, 0.1) is 13.8 Å². The van der Waals surface area contributed by atoms with Crippen LogP contribution in [0.3, 0.4) is 0 Å². The van der Waals surface area contributed by atoms with Gasteiger partial charge in [-0.25, -0.2) is 0 Å². The zero-order valence-corrected chi connectivity index (χ0v) is 14.7. The van der Waals surface area contributed by atoms with Crippen molar-refractivity contribution in [3.05, 3.63) is 47.5 Å². The third-order valence-corrected chi connectivity index (χ3v) is 5.80. The molecule has 122 valence electrons. The van der Waals surface area contributed by atoms with Gasteiger partial charge in [0.25, 0.3) is 10.1 Å². The Morgan fingerprint density at radius 3 is 2.65 bits per heavy atom.